The molecule has 0 saturated carbocycles. The number of ether oxygens (including phenoxy) is 2. The molecule has 0 amide bonds. The van der Waals surface area contributed by atoms with Crippen LogP contribution in [0.15, 0.2) is 40.3 Å². The average Bonchev–Trinajstić information content (AvgIpc) is 3.03. The van der Waals surface area contributed by atoms with Crippen molar-refractivity contribution in [3.8, 4) is 17.4 Å². The second-order valence-corrected chi connectivity index (χ2v) is 5.39. The number of esters is 1. The molecule has 0 spiro atoms. The Balaban J connectivity index is 2.21. The zero-order valence-corrected chi connectivity index (χ0v) is 14.2. The van der Waals surface area contributed by atoms with E-state index in [1.165, 1.54) is 13.2 Å². The van der Waals surface area contributed by atoms with E-state index < -0.39 is 5.97 Å². The van der Waals surface area contributed by atoms with E-state index in [1.54, 1.807) is 36.4 Å². The summed E-state index contributed by atoms with van der Waals surface area (Å²) in [6.45, 7) is 0.318. The van der Waals surface area contributed by atoms with Gasteiger partial charge in [0, 0.05) is 18.7 Å². The van der Waals surface area contributed by atoms with E-state index in [-0.39, 0.29) is 18.8 Å². The summed E-state index contributed by atoms with van der Waals surface area (Å²) in [6.07, 6.45) is 1.30. The number of benzene rings is 1. The Morgan fingerprint density at radius 3 is 2.79 bits per heavy atom. The van der Waals surface area contributed by atoms with Gasteiger partial charge in [-0.15, -0.1) is 0 Å². The second kappa shape index (κ2) is 8.55. The second-order valence-electron chi connectivity index (χ2n) is 4.60. The molecule has 0 atom stereocenters. The van der Waals surface area contributed by atoms with Crippen molar-refractivity contribution >= 4 is 35.2 Å². The van der Waals surface area contributed by atoms with Gasteiger partial charge in [0.1, 0.15) is 29.8 Å². The van der Waals surface area contributed by atoms with Gasteiger partial charge in [0.2, 0.25) is 0 Å². The topological polar surface area (TPSA) is 72.5 Å². The molecule has 0 unspecified atom stereocenters. The number of furan rings is 1. The monoisotopic (exact) mass is 365 g/mol. The first kappa shape index (κ1) is 18.1. The van der Waals surface area contributed by atoms with Crippen molar-refractivity contribution in [3.63, 3.8) is 0 Å². The van der Waals surface area contributed by atoms with Gasteiger partial charge in [0.15, 0.2) is 0 Å². The Labute approximate surface area is 149 Å². The van der Waals surface area contributed by atoms with Gasteiger partial charge in [-0.2, -0.15) is 5.26 Å². The highest BCUT2D eigenvalue weighted by molar-refractivity contribution is 6.43. The third kappa shape index (κ3) is 4.39. The van der Waals surface area contributed by atoms with Crippen LogP contribution in [0.4, 0.5) is 0 Å². The van der Waals surface area contributed by atoms with Crippen LogP contribution in [0.3, 0.4) is 0 Å². The lowest BCUT2D eigenvalue weighted by Gasteiger charge is -2.03. The summed E-state index contributed by atoms with van der Waals surface area (Å²) in [4.78, 5) is 11.8. The van der Waals surface area contributed by atoms with Crippen molar-refractivity contribution in [2.75, 3.05) is 20.3 Å². The number of carbonyl (C=O) groups is 1. The molecule has 1 aromatic heterocycles. The van der Waals surface area contributed by atoms with Crippen molar-refractivity contribution in [1.29, 1.82) is 5.26 Å². The van der Waals surface area contributed by atoms with Gasteiger partial charge in [0.05, 0.1) is 16.7 Å². The fourth-order valence-electron chi connectivity index (χ4n) is 1.84. The maximum Gasteiger partial charge on any atom is 0.349 e. The maximum absolute atomic E-state index is 11.8. The summed E-state index contributed by atoms with van der Waals surface area (Å²) in [6, 6.07) is 10.2. The summed E-state index contributed by atoms with van der Waals surface area (Å²) in [7, 11) is 1.49. The van der Waals surface area contributed by atoms with E-state index in [0.717, 1.165) is 0 Å². The minimum Gasteiger partial charge on any atom is -0.459 e. The number of methoxy groups -OCH3 is 1. The van der Waals surface area contributed by atoms with Gasteiger partial charge < -0.3 is 13.9 Å². The third-order valence-corrected chi connectivity index (χ3v) is 3.81. The molecule has 7 heteroatoms. The molecule has 2 aromatic rings. The molecule has 0 radical (unpaired) electrons. The molecule has 0 saturated heterocycles. The number of carbonyl (C=O) groups excluding carboxylic acids is 1. The highest BCUT2D eigenvalue weighted by atomic mass is 35.5. The summed E-state index contributed by atoms with van der Waals surface area (Å²) >= 11 is 12.1. The van der Waals surface area contributed by atoms with Gasteiger partial charge in [-0.3, -0.25) is 0 Å². The zero-order chi connectivity index (χ0) is 17.5. The van der Waals surface area contributed by atoms with Gasteiger partial charge in [-0.25, -0.2) is 4.79 Å². The van der Waals surface area contributed by atoms with Crippen LogP contribution < -0.4 is 0 Å². The number of hydrogen-bond donors (Lipinski definition) is 0. The molecule has 0 aliphatic rings. The van der Waals surface area contributed by atoms with E-state index in [9.17, 15) is 4.79 Å². The first-order valence-corrected chi connectivity index (χ1v) is 7.64. The third-order valence-electron chi connectivity index (χ3n) is 2.99. The fourth-order valence-corrected chi connectivity index (χ4v) is 2.24. The smallest absolute Gasteiger partial charge is 0.349 e. The van der Waals surface area contributed by atoms with E-state index in [4.69, 9.17) is 42.4 Å². The Morgan fingerprint density at radius 2 is 2.08 bits per heavy atom. The number of nitriles is 1. The molecular formula is C17H13Cl2NO4. The lowest BCUT2D eigenvalue weighted by molar-refractivity contribution is -0.139. The first-order chi connectivity index (χ1) is 11.6. The Kier molecular flexibility index (Phi) is 6.44. The number of hydrogen-bond acceptors (Lipinski definition) is 5. The number of nitrogens with zero attached hydrogens (tertiary/aromatic N) is 1. The lowest BCUT2D eigenvalue weighted by Crippen LogP contribution is -2.11. The van der Waals surface area contributed by atoms with E-state index in [2.05, 4.69) is 0 Å². The normalized spacial score (nSPS) is 11.2. The number of halogens is 2. The highest BCUT2D eigenvalue weighted by Crippen LogP contribution is 2.34. The van der Waals surface area contributed by atoms with Crippen LogP contribution >= 0.6 is 23.2 Å². The molecule has 0 aliphatic carbocycles. The van der Waals surface area contributed by atoms with Crippen LogP contribution in [-0.4, -0.2) is 26.3 Å². The van der Waals surface area contributed by atoms with Crippen LogP contribution in [0.25, 0.3) is 17.4 Å². The fraction of sp³-hybridized carbons (Fsp3) is 0.176. The summed E-state index contributed by atoms with van der Waals surface area (Å²) < 4.78 is 15.3. The predicted octanol–water partition coefficient (Wildman–Crippen LogP) is 4.35. The molecule has 24 heavy (non-hydrogen) atoms. The molecule has 124 valence electrons. The quantitative estimate of drug-likeness (QED) is 0.329. The molecule has 1 aromatic carbocycles. The van der Waals surface area contributed by atoms with Gasteiger partial charge in [0.25, 0.3) is 0 Å². The van der Waals surface area contributed by atoms with E-state index in [0.29, 0.717) is 27.1 Å². The van der Waals surface area contributed by atoms with Crippen LogP contribution in [-0.2, 0) is 14.3 Å². The predicted molar refractivity (Wildman–Crippen MR) is 90.6 cm³/mol. The average molecular weight is 366 g/mol. The zero-order valence-electron chi connectivity index (χ0n) is 12.7. The summed E-state index contributed by atoms with van der Waals surface area (Å²) in [5.74, 6) is 0.0494. The van der Waals surface area contributed by atoms with Gasteiger partial charge in [-0.1, -0.05) is 29.3 Å². The number of rotatable bonds is 6. The Hall–Kier alpha value is -2.26. The maximum atomic E-state index is 11.8. The molecule has 0 aliphatic heterocycles. The first-order valence-electron chi connectivity index (χ1n) is 6.89. The lowest BCUT2D eigenvalue weighted by atomic mass is 10.2. The van der Waals surface area contributed by atoms with Crippen molar-refractivity contribution in [2.24, 2.45) is 0 Å². The van der Waals surface area contributed by atoms with Gasteiger partial charge in [-0.05, 0) is 24.3 Å². The molecule has 2 rings (SSSR count). The largest absolute Gasteiger partial charge is 0.459 e. The molecule has 5 nitrogen and oxygen atoms in total. The Bertz CT molecular complexity index is 805. The molecular weight excluding hydrogens is 353 g/mol. The van der Waals surface area contributed by atoms with Crippen molar-refractivity contribution in [2.45, 2.75) is 0 Å². The summed E-state index contributed by atoms with van der Waals surface area (Å²) in [5.41, 5.74) is 0.439. The van der Waals surface area contributed by atoms with Crippen LogP contribution in [0.5, 0.6) is 0 Å². The highest BCUT2D eigenvalue weighted by Gasteiger charge is 2.14. The van der Waals surface area contributed by atoms with Crippen LogP contribution in [0.1, 0.15) is 5.76 Å². The summed E-state index contributed by atoms with van der Waals surface area (Å²) in [5, 5.41) is 9.86. The minimum atomic E-state index is -0.742. The SMILES string of the molecule is COCCOC(=O)/C(C#N)=C/c1ccc(-c2cccc(Cl)c2Cl)o1. The molecule has 1 heterocycles. The van der Waals surface area contributed by atoms with E-state index >= 15 is 0 Å². The molecule has 0 N–H and O–H groups in total. The van der Waals surface area contributed by atoms with Crippen molar-refractivity contribution in [1.82, 2.24) is 0 Å². The van der Waals surface area contributed by atoms with E-state index in [1.807, 2.05) is 0 Å². The molecule has 0 fully saturated rings. The van der Waals surface area contributed by atoms with Crippen LogP contribution in [0.2, 0.25) is 10.0 Å². The Morgan fingerprint density at radius 1 is 1.29 bits per heavy atom. The van der Waals surface area contributed by atoms with Crippen LogP contribution in [0, 0.1) is 11.3 Å². The minimum absolute atomic E-state index is 0.0654. The standard InChI is InChI=1S/C17H13Cl2NO4/c1-22-7-8-23-17(21)11(10-20)9-12-5-6-15(24-12)13-3-2-4-14(18)16(13)19/h2-6,9H,7-8H2,1H3/b11-9+. The van der Waals surface area contributed by atoms with Gasteiger partial charge >= 0.3 is 5.97 Å². The van der Waals surface area contributed by atoms with Crippen molar-refractivity contribution < 1.29 is 18.7 Å². The molecule has 0 bridgehead atoms. The van der Waals surface area contributed by atoms with Crippen molar-refractivity contribution in [3.05, 3.63) is 51.7 Å².